The maximum Gasteiger partial charge on any atom is 0.239 e. The lowest BCUT2D eigenvalue weighted by molar-refractivity contribution is -0.124. The molecule has 3 aromatic rings. The van der Waals surface area contributed by atoms with Gasteiger partial charge in [-0.3, -0.25) is 10.1 Å². The number of amides is 1. The standard InChI is InChI=1S/C24H28N6O2/c1-30-12-11-25-23(32)22(16-31)27-14-18-3-2-4-20(13-18)28-24-26-10-9-21(29-24)19-7-5-17(15-30)6-8-19/h2-10,13,22,27,31H,11-12,14-16H2,1H3,(H,25,32)(H,26,28,29)/t22-/m0/s1. The number of aliphatic hydroxyl groups is 1. The van der Waals surface area contributed by atoms with Crippen molar-refractivity contribution in [2.75, 3.05) is 32.1 Å². The van der Waals surface area contributed by atoms with Gasteiger partial charge in [0.1, 0.15) is 6.04 Å². The normalized spacial score (nSPS) is 17.9. The molecule has 8 nitrogen and oxygen atoms in total. The smallest absolute Gasteiger partial charge is 0.239 e. The third kappa shape index (κ3) is 5.67. The van der Waals surface area contributed by atoms with E-state index in [0.717, 1.165) is 29.1 Å². The molecule has 2 aliphatic heterocycles. The molecule has 0 saturated carbocycles. The van der Waals surface area contributed by atoms with Crippen molar-refractivity contribution in [2.24, 2.45) is 0 Å². The fraction of sp³-hybridized carbons (Fsp3) is 0.292. The number of hydrogen-bond donors (Lipinski definition) is 4. The Balaban J connectivity index is 1.62. The minimum Gasteiger partial charge on any atom is -0.394 e. The van der Waals surface area contributed by atoms with Gasteiger partial charge in [0.05, 0.1) is 12.3 Å². The first-order valence-corrected chi connectivity index (χ1v) is 10.7. The van der Waals surface area contributed by atoms with E-state index in [0.29, 0.717) is 25.6 Å². The predicted molar refractivity (Wildman–Crippen MR) is 124 cm³/mol. The van der Waals surface area contributed by atoms with Crippen LogP contribution in [0.25, 0.3) is 11.3 Å². The van der Waals surface area contributed by atoms with Crippen LogP contribution in [0.1, 0.15) is 11.1 Å². The lowest BCUT2D eigenvalue weighted by Crippen LogP contribution is -2.47. The molecule has 8 heteroatoms. The quantitative estimate of drug-likeness (QED) is 0.436. The van der Waals surface area contributed by atoms with Crippen molar-refractivity contribution in [3.63, 3.8) is 0 Å². The minimum atomic E-state index is -0.671. The second-order valence-corrected chi connectivity index (χ2v) is 7.93. The lowest BCUT2D eigenvalue weighted by atomic mass is 10.1. The molecule has 2 aliphatic rings. The summed E-state index contributed by atoms with van der Waals surface area (Å²) in [5.74, 6) is 0.303. The molecule has 1 aromatic heterocycles. The van der Waals surface area contributed by atoms with E-state index in [1.54, 1.807) is 6.20 Å². The predicted octanol–water partition coefficient (Wildman–Crippen LogP) is 1.90. The van der Waals surface area contributed by atoms with E-state index in [4.69, 9.17) is 0 Å². The maximum absolute atomic E-state index is 12.5. The molecule has 1 amide bonds. The zero-order valence-corrected chi connectivity index (χ0v) is 18.1. The van der Waals surface area contributed by atoms with Crippen molar-refractivity contribution in [1.82, 2.24) is 25.5 Å². The Morgan fingerprint density at radius 2 is 1.97 bits per heavy atom. The van der Waals surface area contributed by atoms with Gasteiger partial charge < -0.3 is 20.6 Å². The van der Waals surface area contributed by atoms with Gasteiger partial charge in [-0.2, -0.15) is 0 Å². The van der Waals surface area contributed by atoms with E-state index in [1.165, 1.54) is 5.56 Å². The molecule has 0 unspecified atom stereocenters. The number of hydrogen-bond acceptors (Lipinski definition) is 7. The molecule has 2 aromatic carbocycles. The van der Waals surface area contributed by atoms with Gasteiger partial charge in [0.25, 0.3) is 0 Å². The number of benzene rings is 2. The van der Waals surface area contributed by atoms with Gasteiger partial charge in [-0.15, -0.1) is 0 Å². The van der Waals surface area contributed by atoms with Gasteiger partial charge in [0, 0.05) is 43.6 Å². The summed E-state index contributed by atoms with van der Waals surface area (Å²) in [6, 6.07) is 17.3. The average Bonchev–Trinajstić information content (AvgIpc) is 2.80. The van der Waals surface area contributed by atoms with Crippen LogP contribution < -0.4 is 16.0 Å². The summed E-state index contributed by atoms with van der Waals surface area (Å²) in [6.45, 7) is 2.15. The van der Waals surface area contributed by atoms with Gasteiger partial charge in [-0.05, 0) is 36.4 Å². The molecule has 32 heavy (non-hydrogen) atoms. The Bertz CT molecular complexity index is 1060. The topological polar surface area (TPSA) is 102 Å². The van der Waals surface area contributed by atoms with Crippen LogP contribution >= 0.6 is 0 Å². The van der Waals surface area contributed by atoms with Crippen LogP contribution in [0.5, 0.6) is 0 Å². The third-order valence-corrected chi connectivity index (χ3v) is 5.39. The van der Waals surface area contributed by atoms with E-state index in [9.17, 15) is 9.90 Å². The highest BCUT2D eigenvalue weighted by Crippen LogP contribution is 2.21. The fourth-order valence-electron chi connectivity index (χ4n) is 3.61. The van der Waals surface area contributed by atoms with Crippen LogP contribution in [0.2, 0.25) is 0 Å². The Morgan fingerprint density at radius 3 is 2.78 bits per heavy atom. The van der Waals surface area contributed by atoms with E-state index >= 15 is 0 Å². The van der Waals surface area contributed by atoms with Gasteiger partial charge in [-0.1, -0.05) is 36.4 Å². The van der Waals surface area contributed by atoms with Crippen LogP contribution in [0.3, 0.4) is 0 Å². The van der Waals surface area contributed by atoms with Crippen LogP contribution in [0, 0.1) is 0 Å². The first-order valence-electron chi connectivity index (χ1n) is 10.7. The Labute approximate surface area is 187 Å². The largest absolute Gasteiger partial charge is 0.394 e. The number of aromatic nitrogens is 2. The molecule has 0 fully saturated rings. The van der Waals surface area contributed by atoms with Gasteiger partial charge in [0.15, 0.2) is 0 Å². The summed E-state index contributed by atoms with van der Waals surface area (Å²) in [5.41, 5.74) is 4.87. The molecule has 4 N–H and O–H groups in total. The zero-order valence-electron chi connectivity index (χ0n) is 18.1. The number of rotatable bonds is 1. The van der Waals surface area contributed by atoms with Gasteiger partial charge in [0.2, 0.25) is 11.9 Å². The van der Waals surface area contributed by atoms with Gasteiger partial charge >= 0.3 is 0 Å². The van der Waals surface area contributed by atoms with Crippen molar-refractivity contribution in [1.29, 1.82) is 0 Å². The van der Waals surface area contributed by atoms with Gasteiger partial charge in [-0.25, -0.2) is 9.97 Å². The number of fused-ring (bicyclic) bond motifs is 10. The zero-order chi connectivity index (χ0) is 22.3. The Kier molecular flexibility index (Phi) is 7.06. The first kappa shape index (κ1) is 21.9. The number of anilines is 2. The summed E-state index contributed by atoms with van der Waals surface area (Å²) in [4.78, 5) is 23.6. The van der Waals surface area contributed by atoms with Crippen LogP contribution in [-0.2, 0) is 17.9 Å². The monoisotopic (exact) mass is 432 g/mol. The molecule has 3 heterocycles. The van der Waals surface area contributed by atoms with Crippen LogP contribution in [0.4, 0.5) is 11.6 Å². The number of nitrogens with zero attached hydrogens (tertiary/aromatic N) is 3. The first-order chi connectivity index (χ1) is 15.6. The van der Waals surface area contributed by atoms with Crippen molar-refractivity contribution < 1.29 is 9.90 Å². The summed E-state index contributed by atoms with van der Waals surface area (Å²) >= 11 is 0. The van der Waals surface area contributed by atoms with E-state index < -0.39 is 6.04 Å². The molecule has 0 saturated heterocycles. The van der Waals surface area contributed by atoms with E-state index in [-0.39, 0.29) is 12.5 Å². The molecule has 0 spiro atoms. The summed E-state index contributed by atoms with van der Waals surface area (Å²) in [5, 5.41) is 19.0. The molecular weight excluding hydrogens is 404 g/mol. The van der Waals surface area contributed by atoms with Crippen LogP contribution in [0.15, 0.2) is 60.8 Å². The number of aliphatic hydroxyl groups excluding tert-OH is 1. The average molecular weight is 433 g/mol. The highest BCUT2D eigenvalue weighted by molar-refractivity contribution is 5.81. The van der Waals surface area contributed by atoms with Crippen LogP contribution in [-0.4, -0.2) is 58.7 Å². The minimum absolute atomic E-state index is 0.209. The highest BCUT2D eigenvalue weighted by Gasteiger charge is 2.17. The molecule has 0 radical (unpaired) electrons. The highest BCUT2D eigenvalue weighted by atomic mass is 16.3. The fourth-order valence-corrected chi connectivity index (χ4v) is 3.61. The van der Waals surface area contributed by atoms with E-state index in [2.05, 4.69) is 55.1 Å². The number of carbonyl (C=O) groups excluding carboxylic acids is 1. The number of nitrogens with one attached hydrogen (secondary N) is 3. The van der Waals surface area contributed by atoms with Crippen molar-refractivity contribution in [2.45, 2.75) is 19.1 Å². The molecule has 166 valence electrons. The second-order valence-electron chi connectivity index (χ2n) is 7.93. The molecule has 1 atom stereocenters. The molecule has 0 aliphatic carbocycles. The third-order valence-electron chi connectivity index (χ3n) is 5.39. The van der Waals surface area contributed by atoms with Crippen molar-refractivity contribution >= 4 is 17.5 Å². The lowest BCUT2D eigenvalue weighted by Gasteiger charge is -2.20. The van der Waals surface area contributed by atoms with E-state index in [1.807, 2.05) is 37.4 Å². The SMILES string of the molecule is CN1CCNC(=O)[C@H](CO)NCc2cccc(c2)Nc2nccc(n2)-c2ccc(cc2)C1. The number of carbonyl (C=O) groups is 1. The number of likely N-dealkylation sites (N-methyl/N-ethyl adjacent to an activating group) is 1. The van der Waals surface area contributed by atoms with Crippen molar-refractivity contribution in [3.8, 4) is 11.3 Å². The summed E-state index contributed by atoms with van der Waals surface area (Å²) < 4.78 is 0. The Hall–Kier alpha value is -3.33. The molecule has 5 rings (SSSR count). The summed E-state index contributed by atoms with van der Waals surface area (Å²) in [6.07, 6.45) is 1.74. The second kappa shape index (κ2) is 10.3. The summed E-state index contributed by atoms with van der Waals surface area (Å²) in [7, 11) is 2.02. The Morgan fingerprint density at radius 1 is 1.12 bits per heavy atom. The maximum atomic E-state index is 12.5. The molecule has 6 bridgehead atoms. The van der Waals surface area contributed by atoms with Crippen molar-refractivity contribution in [3.05, 3.63) is 71.9 Å². The molecular formula is C24H28N6O2.